The van der Waals surface area contributed by atoms with E-state index in [4.69, 9.17) is 0 Å². The van der Waals surface area contributed by atoms with Crippen LogP contribution in [0.2, 0.25) is 0 Å². The minimum Gasteiger partial charge on any atom is -0.293 e. The zero-order valence-corrected chi connectivity index (χ0v) is 13.3. The summed E-state index contributed by atoms with van der Waals surface area (Å²) in [5, 5.41) is 9.24. The molecule has 0 aromatic heterocycles. The lowest BCUT2D eigenvalue weighted by molar-refractivity contribution is 0.0935. The lowest BCUT2D eigenvalue weighted by Gasteiger charge is -2.44. The van der Waals surface area contributed by atoms with Crippen LogP contribution in [-0.4, -0.2) is 23.5 Å². The Hall–Kier alpha value is -1.07. The summed E-state index contributed by atoms with van der Waals surface area (Å²) in [6.45, 7) is 8.78. The van der Waals surface area contributed by atoms with Gasteiger partial charge in [0, 0.05) is 18.6 Å². The van der Waals surface area contributed by atoms with E-state index in [1.807, 2.05) is 13.0 Å². The minimum atomic E-state index is 0.231. The summed E-state index contributed by atoms with van der Waals surface area (Å²) in [6, 6.07) is 2.34. The highest BCUT2D eigenvalue weighted by Gasteiger charge is 2.32. The average molecular weight is 272 g/mol. The Labute approximate surface area is 124 Å². The third-order valence-electron chi connectivity index (χ3n) is 5.02. The van der Waals surface area contributed by atoms with Crippen molar-refractivity contribution in [2.24, 2.45) is 5.92 Å². The number of allylic oxidation sites excluding steroid dienone is 1. The molecular weight excluding hydrogens is 244 g/mol. The highest BCUT2D eigenvalue weighted by atomic mass is 15.2. The molecule has 2 aliphatic rings. The van der Waals surface area contributed by atoms with Gasteiger partial charge in [0.2, 0.25) is 0 Å². The molecule has 1 aliphatic carbocycles. The van der Waals surface area contributed by atoms with E-state index in [1.165, 1.54) is 44.2 Å². The highest BCUT2D eigenvalue weighted by molar-refractivity contribution is 5.43. The van der Waals surface area contributed by atoms with Crippen molar-refractivity contribution in [2.45, 2.75) is 64.8 Å². The van der Waals surface area contributed by atoms with Gasteiger partial charge in [0.05, 0.1) is 11.6 Å². The van der Waals surface area contributed by atoms with Crippen LogP contribution in [0.4, 0.5) is 0 Å². The van der Waals surface area contributed by atoms with Crippen molar-refractivity contribution in [3.05, 3.63) is 23.3 Å². The Morgan fingerprint density at radius 3 is 2.70 bits per heavy atom. The fourth-order valence-electron chi connectivity index (χ4n) is 3.50. The predicted molar refractivity (Wildman–Crippen MR) is 84.3 cm³/mol. The number of rotatable bonds is 3. The van der Waals surface area contributed by atoms with E-state index in [9.17, 15) is 5.26 Å². The molecule has 0 spiro atoms. The minimum absolute atomic E-state index is 0.231. The fourth-order valence-corrected chi connectivity index (χ4v) is 3.50. The van der Waals surface area contributed by atoms with Gasteiger partial charge in [-0.05, 0) is 51.5 Å². The van der Waals surface area contributed by atoms with Crippen LogP contribution >= 0.6 is 0 Å². The smallest absolute Gasteiger partial charge is 0.0991 e. The van der Waals surface area contributed by atoms with Crippen LogP contribution in [0.1, 0.15) is 59.3 Å². The molecule has 0 radical (unpaired) electrons. The number of nitrogens with zero attached hydrogens (tertiary/aromatic N) is 2. The molecule has 0 unspecified atom stereocenters. The zero-order valence-electron chi connectivity index (χ0n) is 13.3. The predicted octanol–water partition coefficient (Wildman–Crippen LogP) is 4.45. The average Bonchev–Trinajstić information content (AvgIpc) is 2.45. The summed E-state index contributed by atoms with van der Waals surface area (Å²) >= 11 is 0. The molecule has 1 saturated carbocycles. The van der Waals surface area contributed by atoms with Gasteiger partial charge in [-0.3, -0.25) is 4.90 Å². The van der Waals surface area contributed by atoms with Gasteiger partial charge in [0.25, 0.3) is 0 Å². The Morgan fingerprint density at radius 1 is 1.40 bits per heavy atom. The van der Waals surface area contributed by atoms with Crippen molar-refractivity contribution >= 4 is 0 Å². The Balaban J connectivity index is 2.07. The van der Waals surface area contributed by atoms with Gasteiger partial charge in [-0.15, -0.1) is 0 Å². The Morgan fingerprint density at radius 2 is 2.10 bits per heavy atom. The first-order valence-corrected chi connectivity index (χ1v) is 8.07. The van der Waals surface area contributed by atoms with Crippen LogP contribution in [0.15, 0.2) is 23.3 Å². The largest absolute Gasteiger partial charge is 0.293 e. The molecule has 0 bridgehead atoms. The molecule has 0 aromatic carbocycles. The molecule has 1 fully saturated rings. The molecule has 0 atom stereocenters. The second-order valence-corrected chi connectivity index (χ2v) is 6.94. The lowest BCUT2D eigenvalue weighted by atomic mass is 9.84. The molecule has 0 N–H and O–H groups in total. The quantitative estimate of drug-likeness (QED) is 0.710. The van der Waals surface area contributed by atoms with Gasteiger partial charge in [-0.1, -0.05) is 31.4 Å². The van der Waals surface area contributed by atoms with E-state index in [-0.39, 0.29) is 5.54 Å². The van der Waals surface area contributed by atoms with Crippen molar-refractivity contribution in [3.63, 3.8) is 0 Å². The van der Waals surface area contributed by atoms with Crippen molar-refractivity contribution in [3.8, 4) is 6.07 Å². The summed E-state index contributed by atoms with van der Waals surface area (Å²) in [5.41, 5.74) is 2.31. The SMILES string of the molecule is CC=C(C#N)C1=CCC(C)(C)N(CC2CCCCC2)C1. The van der Waals surface area contributed by atoms with Crippen LogP contribution in [0.25, 0.3) is 0 Å². The van der Waals surface area contributed by atoms with Gasteiger partial charge in [-0.25, -0.2) is 0 Å². The third-order valence-corrected chi connectivity index (χ3v) is 5.02. The van der Waals surface area contributed by atoms with E-state index in [1.54, 1.807) is 0 Å². The summed E-state index contributed by atoms with van der Waals surface area (Å²) in [7, 11) is 0. The summed E-state index contributed by atoms with van der Waals surface area (Å²) in [6.07, 6.45) is 12.3. The van der Waals surface area contributed by atoms with Crippen LogP contribution in [-0.2, 0) is 0 Å². The van der Waals surface area contributed by atoms with Crippen molar-refractivity contribution < 1.29 is 0 Å². The van der Waals surface area contributed by atoms with E-state index >= 15 is 0 Å². The van der Waals surface area contributed by atoms with E-state index in [0.29, 0.717) is 0 Å². The second kappa shape index (κ2) is 6.59. The van der Waals surface area contributed by atoms with Crippen LogP contribution in [0.3, 0.4) is 0 Å². The summed E-state index contributed by atoms with van der Waals surface area (Å²) < 4.78 is 0. The second-order valence-electron chi connectivity index (χ2n) is 6.94. The van der Waals surface area contributed by atoms with Crippen molar-refractivity contribution in [2.75, 3.05) is 13.1 Å². The molecule has 1 aliphatic heterocycles. The molecule has 2 rings (SSSR count). The summed E-state index contributed by atoms with van der Waals surface area (Å²) in [4.78, 5) is 2.61. The molecule has 2 nitrogen and oxygen atoms in total. The molecule has 110 valence electrons. The molecule has 2 heteroatoms. The molecule has 0 amide bonds. The first kappa shape index (κ1) is 15.3. The molecular formula is C18H28N2. The molecule has 0 saturated heterocycles. The van der Waals surface area contributed by atoms with Gasteiger partial charge in [0.15, 0.2) is 0 Å². The van der Waals surface area contributed by atoms with E-state index in [0.717, 1.165) is 24.5 Å². The summed E-state index contributed by atoms with van der Waals surface area (Å²) in [5.74, 6) is 0.860. The first-order chi connectivity index (χ1) is 9.56. The standard InChI is InChI=1S/C18H28N2/c1-4-16(12-19)17-10-11-18(2,3)20(14-17)13-15-8-6-5-7-9-15/h4,10,15H,5-9,11,13-14H2,1-3H3. The van der Waals surface area contributed by atoms with Gasteiger partial charge in [0.1, 0.15) is 0 Å². The van der Waals surface area contributed by atoms with Crippen molar-refractivity contribution in [1.29, 1.82) is 5.26 Å². The van der Waals surface area contributed by atoms with Gasteiger partial charge < -0.3 is 0 Å². The maximum Gasteiger partial charge on any atom is 0.0991 e. The fraction of sp³-hybridized carbons (Fsp3) is 0.722. The highest BCUT2D eigenvalue weighted by Crippen LogP contribution is 2.32. The first-order valence-electron chi connectivity index (χ1n) is 8.07. The van der Waals surface area contributed by atoms with E-state index < -0.39 is 0 Å². The Kier molecular flexibility index (Phi) is 5.05. The normalized spacial score (nSPS) is 25.1. The molecule has 0 aromatic rings. The monoisotopic (exact) mass is 272 g/mol. The van der Waals surface area contributed by atoms with E-state index in [2.05, 4.69) is 30.9 Å². The Bertz CT molecular complexity index is 431. The third kappa shape index (κ3) is 3.52. The zero-order chi connectivity index (χ0) is 14.6. The van der Waals surface area contributed by atoms with Crippen LogP contribution in [0.5, 0.6) is 0 Å². The maximum absolute atomic E-state index is 9.24. The topological polar surface area (TPSA) is 27.0 Å². The lowest BCUT2D eigenvalue weighted by Crippen LogP contribution is -2.49. The van der Waals surface area contributed by atoms with Crippen LogP contribution < -0.4 is 0 Å². The number of nitriles is 1. The number of hydrogen-bond acceptors (Lipinski definition) is 2. The van der Waals surface area contributed by atoms with Gasteiger partial charge in [-0.2, -0.15) is 5.26 Å². The maximum atomic E-state index is 9.24. The molecule has 1 heterocycles. The van der Waals surface area contributed by atoms with Crippen LogP contribution in [0, 0.1) is 17.2 Å². The number of hydrogen-bond donors (Lipinski definition) is 0. The van der Waals surface area contributed by atoms with Crippen molar-refractivity contribution in [1.82, 2.24) is 4.90 Å². The molecule has 20 heavy (non-hydrogen) atoms. The van der Waals surface area contributed by atoms with Gasteiger partial charge >= 0.3 is 0 Å².